The molecule has 4 rings (SSSR count). The molecule has 118 valence electrons. The van der Waals surface area contributed by atoms with Crippen LogP contribution >= 0.6 is 11.3 Å². The summed E-state index contributed by atoms with van der Waals surface area (Å²) in [6.45, 7) is 4.45. The topological polar surface area (TPSA) is 73.0 Å². The SMILES string of the molecule is Cc1noc(C)c1[C@@H]1CC(=O)Nc2c1cnn2Cc1cccs1. The average Bonchev–Trinajstić information content (AvgIpc) is 3.22. The largest absolute Gasteiger partial charge is 0.361 e. The van der Waals surface area contributed by atoms with Crippen LogP contribution < -0.4 is 5.32 Å². The molecule has 1 aliphatic heterocycles. The molecule has 0 radical (unpaired) electrons. The zero-order chi connectivity index (χ0) is 16.0. The predicted molar refractivity (Wildman–Crippen MR) is 86.7 cm³/mol. The van der Waals surface area contributed by atoms with Gasteiger partial charge in [-0.15, -0.1) is 11.3 Å². The minimum absolute atomic E-state index is 0.00423. The zero-order valence-corrected chi connectivity index (χ0v) is 13.7. The van der Waals surface area contributed by atoms with Crippen molar-refractivity contribution >= 4 is 23.1 Å². The van der Waals surface area contributed by atoms with Crippen LogP contribution in [0.2, 0.25) is 0 Å². The number of amides is 1. The van der Waals surface area contributed by atoms with Gasteiger partial charge in [0.2, 0.25) is 5.91 Å². The van der Waals surface area contributed by atoms with Crippen molar-refractivity contribution in [1.82, 2.24) is 14.9 Å². The number of aryl methyl sites for hydroxylation is 2. The van der Waals surface area contributed by atoms with E-state index in [0.717, 1.165) is 28.4 Å². The summed E-state index contributed by atoms with van der Waals surface area (Å²) in [5.41, 5.74) is 2.85. The Morgan fingerprint density at radius 1 is 1.48 bits per heavy atom. The second-order valence-electron chi connectivity index (χ2n) is 5.73. The van der Waals surface area contributed by atoms with Crippen LogP contribution in [-0.2, 0) is 11.3 Å². The highest BCUT2D eigenvalue weighted by Gasteiger charge is 2.33. The summed E-state index contributed by atoms with van der Waals surface area (Å²) in [7, 11) is 0. The summed E-state index contributed by atoms with van der Waals surface area (Å²) in [6.07, 6.45) is 2.24. The molecule has 1 N–H and O–H groups in total. The molecule has 0 saturated heterocycles. The quantitative estimate of drug-likeness (QED) is 0.802. The van der Waals surface area contributed by atoms with Gasteiger partial charge in [-0.1, -0.05) is 11.2 Å². The number of thiophene rings is 1. The lowest BCUT2D eigenvalue weighted by Gasteiger charge is -2.23. The van der Waals surface area contributed by atoms with Crippen molar-refractivity contribution in [3.8, 4) is 0 Å². The van der Waals surface area contributed by atoms with E-state index >= 15 is 0 Å². The van der Waals surface area contributed by atoms with Gasteiger partial charge < -0.3 is 9.84 Å². The first-order valence-electron chi connectivity index (χ1n) is 7.44. The van der Waals surface area contributed by atoms with Gasteiger partial charge in [-0.05, 0) is 25.3 Å². The molecule has 0 saturated carbocycles. The standard InChI is InChI=1S/C16H16N4O2S/c1-9-15(10(2)22-19-9)12-6-14(21)18-16-13(12)7-17-20(16)8-11-4-3-5-23-11/h3-5,7,12H,6,8H2,1-2H3,(H,18,21)/t12-/m1/s1. The van der Waals surface area contributed by atoms with E-state index < -0.39 is 0 Å². The lowest BCUT2D eigenvalue weighted by Crippen LogP contribution is -2.25. The summed E-state index contributed by atoms with van der Waals surface area (Å²) in [5, 5.41) is 13.5. The third-order valence-electron chi connectivity index (χ3n) is 4.21. The molecule has 6 nitrogen and oxygen atoms in total. The van der Waals surface area contributed by atoms with Crippen LogP contribution in [0.1, 0.15) is 39.8 Å². The van der Waals surface area contributed by atoms with Crippen LogP contribution in [0.5, 0.6) is 0 Å². The predicted octanol–water partition coefficient (Wildman–Crippen LogP) is 3.07. The summed E-state index contributed by atoms with van der Waals surface area (Å²) in [6, 6.07) is 4.08. The fourth-order valence-electron chi connectivity index (χ4n) is 3.19. The Morgan fingerprint density at radius 2 is 2.35 bits per heavy atom. The van der Waals surface area contributed by atoms with Crippen molar-refractivity contribution in [2.24, 2.45) is 0 Å². The molecule has 1 amide bonds. The Morgan fingerprint density at radius 3 is 3.04 bits per heavy atom. The molecule has 0 bridgehead atoms. The normalized spacial score (nSPS) is 17.1. The Labute approximate surface area is 137 Å². The van der Waals surface area contributed by atoms with Crippen molar-refractivity contribution in [2.45, 2.75) is 32.7 Å². The number of rotatable bonds is 3. The van der Waals surface area contributed by atoms with Gasteiger partial charge in [-0.3, -0.25) is 4.79 Å². The van der Waals surface area contributed by atoms with E-state index in [1.165, 1.54) is 4.88 Å². The van der Waals surface area contributed by atoms with E-state index in [0.29, 0.717) is 13.0 Å². The molecule has 0 spiro atoms. The number of fused-ring (bicyclic) bond motifs is 1. The molecular weight excluding hydrogens is 312 g/mol. The van der Waals surface area contributed by atoms with Gasteiger partial charge in [0.05, 0.1) is 18.4 Å². The minimum Gasteiger partial charge on any atom is -0.361 e. The summed E-state index contributed by atoms with van der Waals surface area (Å²) < 4.78 is 7.13. The number of hydrogen-bond acceptors (Lipinski definition) is 5. The van der Waals surface area contributed by atoms with Gasteiger partial charge in [0, 0.05) is 28.3 Å². The maximum absolute atomic E-state index is 12.2. The van der Waals surface area contributed by atoms with Crippen molar-refractivity contribution < 1.29 is 9.32 Å². The van der Waals surface area contributed by atoms with E-state index in [4.69, 9.17) is 4.52 Å². The second-order valence-corrected chi connectivity index (χ2v) is 6.76. The van der Waals surface area contributed by atoms with Crippen LogP contribution in [0.25, 0.3) is 0 Å². The highest BCUT2D eigenvalue weighted by Crippen LogP contribution is 2.39. The van der Waals surface area contributed by atoms with Crippen LogP contribution in [0, 0.1) is 13.8 Å². The number of anilines is 1. The molecule has 23 heavy (non-hydrogen) atoms. The van der Waals surface area contributed by atoms with E-state index in [-0.39, 0.29) is 11.8 Å². The smallest absolute Gasteiger partial charge is 0.226 e. The van der Waals surface area contributed by atoms with Gasteiger partial charge in [0.25, 0.3) is 0 Å². The average molecular weight is 328 g/mol. The number of nitrogens with zero attached hydrogens (tertiary/aromatic N) is 3. The second kappa shape index (κ2) is 5.34. The van der Waals surface area contributed by atoms with E-state index in [2.05, 4.69) is 21.6 Å². The van der Waals surface area contributed by atoms with Gasteiger partial charge in [-0.25, -0.2) is 4.68 Å². The Balaban J connectivity index is 1.77. The van der Waals surface area contributed by atoms with E-state index in [1.807, 2.05) is 36.2 Å². The van der Waals surface area contributed by atoms with Crippen LogP contribution in [0.4, 0.5) is 5.82 Å². The summed E-state index contributed by atoms with van der Waals surface area (Å²) >= 11 is 1.68. The maximum Gasteiger partial charge on any atom is 0.226 e. The number of carbonyl (C=O) groups excluding carboxylic acids is 1. The number of aromatic nitrogens is 3. The van der Waals surface area contributed by atoms with E-state index in [1.54, 1.807) is 11.3 Å². The molecule has 3 aromatic rings. The molecule has 1 aliphatic rings. The van der Waals surface area contributed by atoms with Crippen molar-refractivity contribution in [3.63, 3.8) is 0 Å². The van der Waals surface area contributed by atoms with Crippen molar-refractivity contribution in [1.29, 1.82) is 0 Å². The molecule has 0 aromatic carbocycles. The van der Waals surface area contributed by atoms with Crippen molar-refractivity contribution in [3.05, 3.63) is 51.2 Å². The van der Waals surface area contributed by atoms with Crippen molar-refractivity contribution in [2.75, 3.05) is 5.32 Å². The number of hydrogen-bond donors (Lipinski definition) is 1. The minimum atomic E-state index is -0.0536. The van der Waals surface area contributed by atoms with Crippen LogP contribution in [0.15, 0.2) is 28.2 Å². The third kappa shape index (κ3) is 2.37. The molecular formula is C16H16N4O2S. The van der Waals surface area contributed by atoms with Gasteiger partial charge in [0.1, 0.15) is 11.6 Å². The fourth-order valence-corrected chi connectivity index (χ4v) is 3.87. The fraction of sp³-hybridized carbons (Fsp3) is 0.312. The third-order valence-corrected chi connectivity index (χ3v) is 5.07. The first kappa shape index (κ1) is 14.2. The summed E-state index contributed by atoms with van der Waals surface area (Å²) in [4.78, 5) is 13.4. The highest BCUT2D eigenvalue weighted by molar-refractivity contribution is 7.09. The first-order chi connectivity index (χ1) is 11.1. The van der Waals surface area contributed by atoms with Crippen LogP contribution in [-0.4, -0.2) is 20.8 Å². The molecule has 3 aromatic heterocycles. The highest BCUT2D eigenvalue weighted by atomic mass is 32.1. The van der Waals surface area contributed by atoms with E-state index in [9.17, 15) is 4.79 Å². The Bertz CT molecular complexity index is 843. The molecule has 0 fully saturated rings. The summed E-state index contributed by atoms with van der Waals surface area (Å²) in [5.74, 6) is 1.48. The molecule has 4 heterocycles. The van der Waals surface area contributed by atoms with Gasteiger partial charge >= 0.3 is 0 Å². The maximum atomic E-state index is 12.2. The van der Waals surface area contributed by atoms with Gasteiger partial charge in [-0.2, -0.15) is 5.10 Å². The Kier molecular flexibility index (Phi) is 3.30. The lowest BCUT2D eigenvalue weighted by atomic mass is 9.86. The Hall–Kier alpha value is -2.41. The first-order valence-corrected chi connectivity index (χ1v) is 8.32. The molecule has 0 aliphatic carbocycles. The molecule has 0 unspecified atom stereocenters. The van der Waals surface area contributed by atoms with Crippen LogP contribution in [0.3, 0.4) is 0 Å². The number of nitrogens with one attached hydrogen (secondary N) is 1. The zero-order valence-electron chi connectivity index (χ0n) is 12.9. The molecule has 1 atom stereocenters. The van der Waals surface area contributed by atoms with Gasteiger partial charge in [0.15, 0.2) is 0 Å². The molecule has 7 heteroatoms. The lowest BCUT2D eigenvalue weighted by molar-refractivity contribution is -0.116. The number of carbonyl (C=O) groups is 1. The monoisotopic (exact) mass is 328 g/mol.